The number of anilines is 1. The maximum atomic E-state index is 13.6. The summed E-state index contributed by atoms with van der Waals surface area (Å²) in [5.41, 5.74) is -0.541. The van der Waals surface area contributed by atoms with E-state index in [1.807, 2.05) is 0 Å². The van der Waals surface area contributed by atoms with E-state index >= 15 is 0 Å². The Balaban J connectivity index is 2.30. The molecule has 0 amide bonds. The number of benzene rings is 1. The van der Waals surface area contributed by atoms with Crippen molar-refractivity contribution in [1.29, 1.82) is 0 Å². The van der Waals surface area contributed by atoms with E-state index in [4.69, 9.17) is 0 Å². The lowest BCUT2D eigenvalue weighted by molar-refractivity contribution is 0.410. The topological polar surface area (TPSA) is 71.1 Å². The smallest absolute Gasteiger partial charge is 0.253 e. The largest absolute Gasteiger partial charge is 0.373 e. The summed E-state index contributed by atoms with van der Waals surface area (Å²) in [5, 5.41) is 2.31. The fourth-order valence-electron chi connectivity index (χ4n) is 1.97. The van der Waals surface area contributed by atoms with Gasteiger partial charge in [-0.2, -0.15) is 22.5 Å². The summed E-state index contributed by atoms with van der Waals surface area (Å²) in [6.45, 7) is 1.48. The molecule has 0 bridgehead atoms. The molecular weight excluding hydrogens is 350 g/mol. The van der Waals surface area contributed by atoms with Crippen LogP contribution in [-0.2, 0) is 10.0 Å². The van der Waals surface area contributed by atoms with Crippen LogP contribution in [0.5, 0.6) is 0 Å². The number of aromatic nitrogens is 1. The van der Waals surface area contributed by atoms with Crippen LogP contribution in [-0.4, -0.2) is 20.4 Å². The van der Waals surface area contributed by atoms with Crippen LogP contribution in [0.15, 0.2) is 29.2 Å². The summed E-state index contributed by atoms with van der Waals surface area (Å²) in [6.07, 6.45) is 0. The van der Waals surface area contributed by atoms with Crippen LogP contribution < -0.4 is 10.0 Å². The number of sulfonamides is 1. The molecule has 2 aromatic rings. The number of rotatable bonds is 5. The van der Waals surface area contributed by atoms with Crippen molar-refractivity contribution in [1.82, 2.24) is 9.71 Å². The molecule has 1 atom stereocenters. The van der Waals surface area contributed by atoms with Crippen LogP contribution in [0, 0.1) is 23.5 Å². The van der Waals surface area contributed by atoms with Gasteiger partial charge in [-0.3, -0.25) is 0 Å². The Labute approximate surface area is 135 Å². The van der Waals surface area contributed by atoms with Crippen molar-refractivity contribution in [2.75, 3.05) is 12.4 Å². The maximum absolute atomic E-state index is 13.6. The zero-order valence-corrected chi connectivity index (χ0v) is 13.4. The number of hydrogen-bond donors (Lipinski definition) is 2. The van der Waals surface area contributed by atoms with Gasteiger partial charge in [0.05, 0.1) is 4.90 Å². The van der Waals surface area contributed by atoms with Crippen LogP contribution in [0.4, 0.5) is 23.2 Å². The molecular formula is C14H13F4N3O2S. The summed E-state index contributed by atoms with van der Waals surface area (Å²) in [5.74, 6) is -6.82. The van der Waals surface area contributed by atoms with E-state index in [0.717, 1.165) is 0 Å². The van der Waals surface area contributed by atoms with Gasteiger partial charge < -0.3 is 5.32 Å². The standard InChI is InChI=1S/C14H13F4N3O2S/c1-7(8-3-5-9(6-4-8)24(22,23)19-2)20-12-10(15)13(17)21-14(18)11(12)16/h3-7,19H,1-2H3,(H,20,21). The summed E-state index contributed by atoms with van der Waals surface area (Å²) in [6, 6.07) is 4.64. The minimum Gasteiger partial charge on any atom is -0.373 e. The molecule has 1 aromatic heterocycles. The molecule has 2 rings (SSSR count). The minimum absolute atomic E-state index is 0.000638. The highest BCUT2D eigenvalue weighted by atomic mass is 32.2. The summed E-state index contributed by atoms with van der Waals surface area (Å²) >= 11 is 0. The summed E-state index contributed by atoms with van der Waals surface area (Å²) in [7, 11) is -2.37. The third kappa shape index (κ3) is 3.49. The first-order valence-corrected chi connectivity index (χ1v) is 8.15. The Morgan fingerprint density at radius 3 is 1.96 bits per heavy atom. The summed E-state index contributed by atoms with van der Waals surface area (Å²) in [4.78, 5) is 2.46. The molecule has 0 aliphatic carbocycles. The first-order valence-electron chi connectivity index (χ1n) is 6.67. The molecule has 130 valence electrons. The number of nitrogens with zero attached hydrogens (tertiary/aromatic N) is 1. The van der Waals surface area contributed by atoms with Gasteiger partial charge in [0.15, 0.2) is 0 Å². The second-order valence-corrected chi connectivity index (χ2v) is 6.73. The molecule has 0 fully saturated rings. The van der Waals surface area contributed by atoms with Gasteiger partial charge in [0.2, 0.25) is 21.7 Å². The molecule has 0 saturated heterocycles. The second-order valence-electron chi connectivity index (χ2n) is 4.84. The van der Waals surface area contributed by atoms with Gasteiger partial charge in [0.25, 0.3) is 11.9 Å². The predicted molar refractivity (Wildman–Crippen MR) is 78.8 cm³/mol. The monoisotopic (exact) mass is 363 g/mol. The van der Waals surface area contributed by atoms with Crippen molar-refractivity contribution in [3.63, 3.8) is 0 Å². The van der Waals surface area contributed by atoms with Gasteiger partial charge in [-0.1, -0.05) is 12.1 Å². The van der Waals surface area contributed by atoms with Gasteiger partial charge in [-0.05, 0) is 31.7 Å². The lowest BCUT2D eigenvalue weighted by Crippen LogP contribution is -2.18. The van der Waals surface area contributed by atoms with Crippen molar-refractivity contribution in [2.45, 2.75) is 17.9 Å². The highest BCUT2D eigenvalue weighted by Crippen LogP contribution is 2.27. The Morgan fingerprint density at radius 2 is 1.50 bits per heavy atom. The normalized spacial score (nSPS) is 12.9. The Kier molecular flexibility index (Phi) is 5.09. The van der Waals surface area contributed by atoms with Crippen molar-refractivity contribution >= 4 is 15.7 Å². The SMILES string of the molecule is CNS(=O)(=O)c1ccc(C(C)Nc2c(F)c(F)nc(F)c2F)cc1. The second kappa shape index (κ2) is 6.73. The summed E-state index contributed by atoms with van der Waals surface area (Å²) < 4.78 is 78.7. The molecule has 5 nitrogen and oxygen atoms in total. The number of nitrogens with one attached hydrogen (secondary N) is 2. The quantitative estimate of drug-likeness (QED) is 0.633. The average molecular weight is 363 g/mol. The Morgan fingerprint density at radius 1 is 1.00 bits per heavy atom. The molecule has 0 aliphatic rings. The molecule has 24 heavy (non-hydrogen) atoms. The molecule has 2 N–H and O–H groups in total. The van der Waals surface area contributed by atoms with Crippen LogP contribution >= 0.6 is 0 Å². The molecule has 0 radical (unpaired) electrons. The molecule has 10 heteroatoms. The van der Waals surface area contributed by atoms with Crippen molar-refractivity contribution < 1.29 is 26.0 Å². The minimum atomic E-state index is -3.62. The lowest BCUT2D eigenvalue weighted by atomic mass is 10.1. The van der Waals surface area contributed by atoms with E-state index in [2.05, 4.69) is 15.0 Å². The Hall–Kier alpha value is -2.20. The van der Waals surface area contributed by atoms with Gasteiger partial charge >= 0.3 is 0 Å². The van der Waals surface area contributed by atoms with Gasteiger partial charge in [-0.25, -0.2) is 13.1 Å². The van der Waals surface area contributed by atoms with E-state index in [-0.39, 0.29) is 4.90 Å². The van der Waals surface area contributed by atoms with Gasteiger partial charge in [-0.15, -0.1) is 0 Å². The highest BCUT2D eigenvalue weighted by Gasteiger charge is 2.22. The van der Waals surface area contributed by atoms with E-state index in [0.29, 0.717) is 5.56 Å². The van der Waals surface area contributed by atoms with Crippen LogP contribution in [0.25, 0.3) is 0 Å². The molecule has 1 aromatic carbocycles. The predicted octanol–water partition coefficient (Wildman–Crippen LogP) is 2.72. The lowest BCUT2D eigenvalue weighted by Gasteiger charge is -2.17. The van der Waals surface area contributed by atoms with Gasteiger partial charge in [0, 0.05) is 6.04 Å². The number of hydrogen-bond acceptors (Lipinski definition) is 4. The van der Waals surface area contributed by atoms with Crippen LogP contribution in [0.1, 0.15) is 18.5 Å². The van der Waals surface area contributed by atoms with E-state index < -0.39 is 45.3 Å². The molecule has 0 spiro atoms. The van der Waals surface area contributed by atoms with Crippen molar-refractivity contribution in [3.05, 3.63) is 53.4 Å². The maximum Gasteiger partial charge on any atom is 0.253 e. The number of pyridine rings is 1. The number of halogens is 4. The zero-order valence-electron chi connectivity index (χ0n) is 12.6. The fraction of sp³-hybridized carbons (Fsp3) is 0.214. The van der Waals surface area contributed by atoms with E-state index in [1.54, 1.807) is 0 Å². The molecule has 1 heterocycles. The van der Waals surface area contributed by atoms with Crippen molar-refractivity contribution in [3.8, 4) is 0 Å². The van der Waals surface area contributed by atoms with Crippen LogP contribution in [0.3, 0.4) is 0 Å². The first-order chi connectivity index (χ1) is 11.2. The molecule has 0 aliphatic heterocycles. The first kappa shape index (κ1) is 18.1. The van der Waals surface area contributed by atoms with E-state index in [9.17, 15) is 26.0 Å². The van der Waals surface area contributed by atoms with Crippen LogP contribution in [0.2, 0.25) is 0 Å². The average Bonchev–Trinajstić information content (AvgIpc) is 2.57. The van der Waals surface area contributed by atoms with Gasteiger partial charge in [0.1, 0.15) is 5.69 Å². The molecule has 1 unspecified atom stereocenters. The molecule has 0 saturated carbocycles. The highest BCUT2D eigenvalue weighted by molar-refractivity contribution is 7.89. The zero-order chi connectivity index (χ0) is 18.1. The van der Waals surface area contributed by atoms with Crippen molar-refractivity contribution in [2.24, 2.45) is 0 Å². The van der Waals surface area contributed by atoms with E-state index in [1.165, 1.54) is 38.2 Å². The fourth-order valence-corrected chi connectivity index (χ4v) is 2.70. The third-order valence-electron chi connectivity index (χ3n) is 3.32. The third-order valence-corrected chi connectivity index (χ3v) is 4.75. The Bertz CT molecular complexity index is 831.